The van der Waals surface area contributed by atoms with Gasteiger partial charge < -0.3 is 5.73 Å². The summed E-state index contributed by atoms with van der Waals surface area (Å²) in [6, 6.07) is 0. The summed E-state index contributed by atoms with van der Waals surface area (Å²) in [5.41, 5.74) is 5.32. The lowest BCUT2D eigenvalue weighted by atomic mass is 10.8. The van der Waals surface area contributed by atoms with Gasteiger partial charge >= 0.3 is 0 Å². The van der Waals surface area contributed by atoms with Gasteiger partial charge in [-0.25, -0.2) is 0 Å². The summed E-state index contributed by atoms with van der Waals surface area (Å²) >= 11 is 3.27. The van der Waals surface area contributed by atoms with E-state index in [-0.39, 0.29) is 12.4 Å². The third kappa shape index (κ3) is 3.91. The number of thioether (sulfide) groups is 1. The summed E-state index contributed by atoms with van der Waals surface area (Å²) in [5.74, 6) is 0.925. The van der Waals surface area contributed by atoms with Crippen molar-refractivity contribution in [3.05, 3.63) is 5.01 Å². The zero-order valence-electron chi connectivity index (χ0n) is 6.11. The molecular weight excluding hydrogens is 202 g/mol. The van der Waals surface area contributed by atoms with Crippen LogP contribution in [0.3, 0.4) is 0 Å². The minimum absolute atomic E-state index is 0. The van der Waals surface area contributed by atoms with Crippen molar-refractivity contribution in [1.29, 1.82) is 0 Å². The van der Waals surface area contributed by atoms with E-state index in [0.29, 0.717) is 6.54 Å². The predicted molar refractivity (Wildman–Crippen MR) is 51.7 cm³/mol. The van der Waals surface area contributed by atoms with E-state index in [2.05, 4.69) is 10.2 Å². The molecule has 0 aliphatic heterocycles. The van der Waals surface area contributed by atoms with Crippen molar-refractivity contribution in [2.75, 3.05) is 12.3 Å². The molecule has 0 amide bonds. The molecule has 0 aromatic carbocycles. The van der Waals surface area contributed by atoms with Crippen LogP contribution >= 0.6 is 35.5 Å². The molecule has 1 heterocycles. The lowest BCUT2D eigenvalue weighted by Gasteiger charge is -1.88. The number of rotatable bonds is 3. The second-order valence-corrected chi connectivity index (χ2v) is 4.25. The molecule has 2 N–H and O–H groups in total. The third-order valence-electron chi connectivity index (χ3n) is 0.851. The van der Waals surface area contributed by atoms with Crippen molar-refractivity contribution >= 4 is 35.5 Å². The van der Waals surface area contributed by atoms with Gasteiger partial charge in [0.2, 0.25) is 0 Å². The summed E-state index contributed by atoms with van der Waals surface area (Å²) in [7, 11) is 0. The summed E-state index contributed by atoms with van der Waals surface area (Å²) in [5, 5.41) is 8.82. The van der Waals surface area contributed by atoms with Crippen molar-refractivity contribution in [3.8, 4) is 0 Å². The van der Waals surface area contributed by atoms with E-state index in [4.69, 9.17) is 5.73 Å². The Morgan fingerprint density at radius 1 is 1.55 bits per heavy atom. The molecule has 0 radical (unpaired) electrons. The van der Waals surface area contributed by atoms with Gasteiger partial charge in [-0.05, 0) is 6.92 Å². The first kappa shape index (κ1) is 11.2. The van der Waals surface area contributed by atoms with Gasteiger partial charge in [-0.3, -0.25) is 0 Å². The standard InChI is InChI=1S/C5H9N3S2.ClH/c1-4-7-8-5(10-4)9-3-2-6;/h2-3,6H2,1H3;1H. The summed E-state index contributed by atoms with van der Waals surface area (Å²) in [4.78, 5) is 0. The molecule has 6 heteroatoms. The molecule has 0 unspecified atom stereocenters. The fraction of sp³-hybridized carbons (Fsp3) is 0.600. The number of nitrogens with two attached hydrogens (primary N) is 1. The van der Waals surface area contributed by atoms with Crippen LogP contribution in [0.2, 0.25) is 0 Å². The van der Waals surface area contributed by atoms with Gasteiger partial charge in [0.15, 0.2) is 4.34 Å². The van der Waals surface area contributed by atoms with Crippen LogP contribution in [0.1, 0.15) is 5.01 Å². The fourth-order valence-electron chi connectivity index (χ4n) is 0.483. The molecular formula is C5H10ClN3S2. The van der Waals surface area contributed by atoms with Crippen LogP contribution in [0.5, 0.6) is 0 Å². The highest BCUT2D eigenvalue weighted by Gasteiger charge is 1.98. The number of halogens is 1. The first-order chi connectivity index (χ1) is 4.83. The monoisotopic (exact) mass is 211 g/mol. The van der Waals surface area contributed by atoms with Crippen molar-refractivity contribution in [3.63, 3.8) is 0 Å². The Labute approximate surface area is 80.2 Å². The highest BCUT2D eigenvalue weighted by atomic mass is 35.5. The normalized spacial score (nSPS) is 9.27. The SMILES string of the molecule is Cc1nnc(SCCN)s1.Cl. The maximum atomic E-state index is 5.32. The average Bonchev–Trinajstić information content (AvgIpc) is 2.31. The Bertz CT molecular complexity index is 203. The number of hydrogen-bond acceptors (Lipinski definition) is 5. The van der Waals surface area contributed by atoms with Crippen molar-refractivity contribution in [2.45, 2.75) is 11.3 Å². The smallest absolute Gasteiger partial charge is 0.174 e. The van der Waals surface area contributed by atoms with E-state index in [9.17, 15) is 0 Å². The van der Waals surface area contributed by atoms with Crippen LogP contribution in [-0.4, -0.2) is 22.5 Å². The van der Waals surface area contributed by atoms with E-state index < -0.39 is 0 Å². The third-order valence-corrected chi connectivity index (χ3v) is 2.86. The van der Waals surface area contributed by atoms with Crippen LogP contribution in [0.25, 0.3) is 0 Å². The molecule has 0 saturated carbocycles. The molecule has 0 aliphatic carbocycles. The molecule has 11 heavy (non-hydrogen) atoms. The van der Waals surface area contributed by atoms with Crippen LogP contribution in [-0.2, 0) is 0 Å². The Kier molecular flexibility index (Phi) is 5.85. The Morgan fingerprint density at radius 2 is 2.27 bits per heavy atom. The van der Waals surface area contributed by atoms with E-state index in [1.54, 1.807) is 23.1 Å². The van der Waals surface area contributed by atoms with Crippen LogP contribution < -0.4 is 5.73 Å². The van der Waals surface area contributed by atoms with E-state index in [0.717, 1.165) is 15.1 Å². The number of hydrogen-bond donors (Lipinski definition) is 1. The Balaban J connectivity index is 0.000001000. The van der Waals surface area contributed by atoms with Crippen molar-refractivity contribution in [1.82, 2.24) is 10.2 Å². The van der Waals surface area contributed by atoms with Crippen LogP contribution in [0.4, 0.5) is 0 Å². The van der Waals surface area contributed by atoms with Gasteiger partial charge in [0.1, 0.15) is 5.01 Å². The van der Waals surface area contributed by atoms with Crippen molar-refractivity contribution in [2.24, 2.45) is 5.73 Å². The van der Waals surface area contributed by atoms with Gasteiger partial charge in [-0.15, -0.1) is 22.6 Å². The van der Waals surface area contributed by atoms with Crippen molar-refractivity contribution < 1.29 is 0 Å². The maximum absolute atomic E-state index is 5.32. The van der Waals surface area contributed by atoms with E-state index >= 15 is 0 Å². The molecule has 0 saturated heterocycles. The molecule has 0 bridgehead atoms. The van der Waals surface area contributed by atoms with Gasteiger partial charge in [-0.1, -0.05) is 23.1 Å². The maximum Gasteiger partial charge on any atom is 0.174 e. The molecule has 1 aromatic heterocycles. The zero-order valence-corrected chi connectivity index (χ0v) is 8.56. The molecule has 0 spiro atoms. The lowest BCUT2D eigenvalue weighted by molar-refractivity contribution is 0.982. The second kappa shape index (κ2) is 5.77. The molecule has 64 valence electrons. The zero-order chi connectivity index (χ0) is 7.40. The summed E-state index contributed by atoms with van der Waals surface area (Å²) in [6.07, 6.45) is 0. The quantitative estimate of drug-likeness (QED) is 0.767. The van der Waals surface area contributed by atoms with Gasteiger partial charge in [0.05, 0.1) is 0 Å². The lowest BCUT2D eigenvalue weighted by Crippen LogP contribution is -2.00. The highest BCUT2D eigenvalue weighted by molar-refractivity contribution is 8.01. The minimum Gasteiger partial charge on any atom is -0.330 e. The highest BCUT2D eigenvalue weighted by Crippen LogP contribution is 2.20. The fourth-order valence-corrected chi connectivity index (χ4v) is 2.14. The first-order valence-corrected chi connectivity index (χ1v) is 4.76. The molecule has 0 atom stereocenters. The average molecular weight is 212 g/mol. The number of aryl methyl sites for hydroxylation is 1. The molecule has 0 fully saturated rings. The number of nitrogens with zero attached hydrogens (tertiary/aromatic N) is 2. The summed E-state index contributed by atoms with van der Waals surface area (Å²) < 4.78 is 1.02. The Hall–Kier alpha value is 0.160. The van der Waals surface area contributed by atoms with Crippen LogP contribution in [0, 0.1) is 6.92 Å². The first-order valence-electron chi connectivity index (χ1n) is 2.96. The van der Waals surface area contributed by atoms with Crippen LogP contribution in [0.15, 0.2) is 4.34 Å². The molecule has 3 nitrogen and oxygen atoms in total. The van der Waals surface area contributed by atoms with Gasteiger partial charge in [0.25, 0.3) is 0 Å². The molecule has 0 aliphatic rings. The van der Waals surface area contributed by atoms with E-state index in [1.165, 1.54) is 0 Å². The minimum atomic E-state index is 0. The van der Waals surface area contributed by atoms with Gasteiger partial charge in [-0.2, -0.15) is 0 Å². The topological polar surface area (TPSA) is 51.8 Å². The van der Waals surface area contributed by atoms with E-state index in [1.807, 2.05) is 6.92 Å². The Morgan fingerprint density at radius 3 is 2.73 bits per heavy atom. The van der Waals surface area contributed by atoms with Gasteiger partial charge in [0, 0.05) is 12.3 Å². The number of aromatic nitrogens is 2. The molecule has 1 aromatic rings. The largest absolute Gasteiger partial charge is 0.330 e. The molecule has 1 rings (SSSR count). The summed E-state index contributed by atoms with van der Waals surface area (Å²) in [6.45, 7) is 2.65. The predicted octanol–water partition coefficient (Wildman–Crippen LogP) is 1.32. The second-order valence-electron chi connectivity index (χ2n) is 1.72.